The van der Waals surface area contributed by atoms with Gasteiger partial charge in [-0.3, -0.25) is 5.10 Å². The molecule has 2 aromatic rings. The third-order valence-electron chi connectivity index (χ3n) is 2.20. The lowest BCUT2D eigenvalue weighted by molar-refractivity contribution is 0.625. The van der Waals surface area contributed by atoms with E-state index in [0.717, 1.165) is 11.1 Å². The van der Waals surface area contributed by atoms with Gasteiger partial charge in [-0.1, -0.05) is 17.7 Å². The van der Waals surface area contributed by atoms with Gasteiger partial charge in [0.05, 0.1) is 11.2 Å². The number of halogens is 2. The largest absolute Gasteiger partial charge is 0.309 e. The zero-order valence-corrected chi connectivity index (χ0v) is 9.26. The van der Waals surface area contributed by atoms with Crippen molar-refractivity contribution in [3.63, 3.8) is 0 Å². The second-order valence-corrected chi connectivity index (χ2v) is 3.87. The first kappa shape index (κ1) is 11.1. The second kappa shape index (κ2) is 5.09. The first-order valence-corrected chi connectivity index (χ1v) is 5.26. The van der Waals surface area contributed by atoms with Gasteiger partial charge in [0, 0.05) is 24.8 Å². The van der Waals surface area contributed by atoms with Crippen LogP contribution in [-0.2, 0) is 13.1 Å². The Morgan fingerprint density at radius 1 is 1.31 bits per heavy atom. The summed E-state index contributed by atoms with van der Waals surface area (Å²) in [6.07, 6.45) is 3.58. The molecule has 0 spiro atoms. The number of hydrogen-bond donors (Lipinski definition) is 2. The van der Waals surface area contributed by atoms with Crippen molar-refractivity contribution in [1.82, 2.24) is 15.5 Å². The summed E-state index contributed by atoms with van der Waals surface area (Å²) in [6, 6.07) is 4.71. The Bertz CT molecular complexity index is 456. The fraction of sp³-hybridized carbons (Fsp3) is 0.182. The van der Waals surface area contributed by atoms with Gasteiger partial charge < -0.3 is 5.32 Å². The van der Waals surface area contributed by atoms with Crippen molar-refractivity contribution in [3.8, 4) is 0 Å². The van der Waals surface area contributed by atoms with E-state index in [-0.39, 0.29) is 10.8 Å². The van der Waals surface area contributed by atoms with E-state index in [0.29, 0.717) is 13.1 Å². The minimum Gasteiger partial charge on any atom is -0.309 e. The van der Waals surface area contributed by atoms with E-state index in [2.05, 4.69) is 15.5 Å². The van der Waals surface area contributed by atoms with Gasteiger partial charge in [-0.25, -0.2) is 4.39 Å². The summed E-state index contributed by atoms with van der Waals surface area (Å²) in [7, 11) is 0. The summed E-state index contributed by atoms with van der Waals surface area (Å²) in [4.78, 5) is 0. The van der Waals surface area contributed by atoms with Crippen molar-refractivity contribution in [2.24, 2.45) is 0 Å². The molecule has 16 heavy (non-hydrogen) atoms. The molecule has 0 aliphatic rings. The monoisotopic (exact) mass is 239 g/mol. The van der Waals surface area contributed by atoms with Crippen LogP contribution in [0.2, 0.25) is 5.02 Å². The lowest BCUT2D eigenvalue weighted by Gasteiger charge is -2.04. The highest BCUT2D eigenvalue weighted by atomic mass is 35.5. The summed E-state index contributed by atoms with van der Waals surface area (Å²) in [5.74, 6) is -0.389. The van der Waals surface area contributed by atoms with E-state index in [1.807, 2.05) is 6.20 Å². The van der Waals surface area contributed by atoms with Gasteiger partial charge in [0.25, 0.3) is 0 Å². The molecule has 0 bridgehead atoms. The predicted octanol–water partition coefficient (Wildman–Crippen LogP) is 2.49. The quantitative estimate of drug-likeness (QED) is 0.861. The standard InChI is InChI=1S/C11H11ClFN3/c12-10-3-8(1-2-11(10)13)4-14-5-9-6-15-16-7-9/h1-3,6-7,14H,4-5H2,(H,15,16). The molecular formula is C11H11ClFN3. The third kappa shape index (κ3) is 2.81. The first-order chi connectivity index (χ1) is 7.75. The fourth-order valence-corrected chi connectivity index (χ4v) is 1.58. The molecular weight excluding hydrogens is 229 g/mol. The number of benzene rings is 1. The Labute approximate surface area is 97.6 Å². The van der Waals surface area contributed by atoms with E-state index in [9.17, 15) is 4.39 Å². The molecule has 0 unspecified atom stereocenters. The second-order valence-electron chi connectivity index (χ2n) is 3.46. The number of H-pyrrole nitrogens is 1. The molecule has 0 fully saturated rings. The van der Waals surface area contributed by atoms with Crippen molar-refractivity contribution < 1.29 is 4.39 Å². The molecule has 5 heteroatoms. The van der Waals surface area contributed by atoms with Gasteiger partial charge in [-0.15, -0.1) is 0 Å². The van der Waals surface area contributed by atoms with Crippen LogP contribution >= 0.6 is 11.6 Å². The molecule has 3 nitrogen and oxygen atoms in total. The summed E-state index contributed by atoms with van der Waals surface area (Å²) in [5, 5.41) is 9.94. The summed E-state index contributed by atoms with van der Waals surface area (Å²) < 4.78 is 12.9. The van der Waals surface area contributed by atoms with Crippen molar-refractivity contribution in [1.29, 1.82) is 0 Å². The van der Waals surface area contributed by atoms with Crippen LogP contribution in [0, 0.1) is 5.82 Å². The molecule has 1 heterocycles. The molecule has 2 rings (SSSR count). The summed E-state index contributed by atoms with van der Waals surface area (Å²) >= 11 is 5.67. The lowest BCUT2D eigenvalue weighted by Crippen LogP contribution is -2.12. The molecule has 0 saturated heterocycles. The highest BCUT2D eigenvalue weighted by Gasteiger charge is 2.00. The number of rotatable bonds is 4. The van der Waals surface area contributed by atoms with Crippen LogP contribution in [0.4, 0.5) is 4.39 Å². The van der Waals surface area contributed by atoms with Crippen molar-refractivity contribution >= 4 is 11.6 Å². The lowest BCUT2D eigenvalue weighted by atomic mass is 10.2. The molecule has 0 radical (unpaired) electrons. The molecule has 84 valence electrons. The zero-order chi connectivity index (χ0) is 11.4. The molecule has 0 aliphatic heterocycles. The average molecular weight is 240 g/mol. The zero-order valence-electron chi connectivity index (χ0n) is 8.50. The number of aromatic amines is 1. The summed E-state index contributed by atoms with van der Waals surface area (Å²) in [6.45, 7) is 1.36. The fourth-order valence-electron chi connectivity index (χ4n) is 1.38. The van der Waals surface area contributed by atoms with Crippen LogP contribution < -0.4 is 5.32 Å². The Morgan fingerprint density at radius 3 is 2.81 bits per heavy atom. The number of aromatic nitrogens is 2. The minimum absolute atomic E-state index is 0.155. The topological polar surface area (TPSA) is 40.7 Å². The van der Waals surface area contributed by atoms with E-state index < -0.39 is 0 Å². The Balaban J connectivity index is 1.87. The number of hydrogen-bond acceptors (Lipinski definition) is 2. The molecule has 2 N–H and O–H groups in total. The Kier molecular flexibility index (Phi) is 3.54. The maximum absolute atomic E-state index is 12.9. The van der Waals surface area contributed by atoms with Gasteiger partial charge in [0.15, 0.2) is 0 Å². The van der Waals surface area contributed by atoms with Crippen LogP contribution in [-0.4, -0.2) is 10.2 Å². The van der Waals surface area contributed by atoms with Crippen LogP contribution in [0.15, 0.2) is 30.6 Å². The Morgan fingerprint density at radius 2 is 2.12 bits per heavy atom. The highest BCUT2D eigenvalue weighted by molar-refractivity contribution is 6.30. The van der Waals surface area contributed by atoms with Crippen molar-refractivity contribution in [2.75, 3.05) is 0 Å². The van der Waals surface area contributed by atoms with E-state index >= 15 is 0 Å². The molecule has 1 aromatic heterocycles. The number of nitrogens with one attached hydrogen (secondary N) is 2. The maximum atomic E-state index is 12.9. The number of nitrogens with zero attached hydrogens (tertiary/aromatic N) is 1. The molecule has 0 aliphatic carbocycles. The van der Waals surface area contributed by atoms with E-state index in [1.165, 1.54) is 6.07 Å². The van der Waals surface area contributed by atoms with Gasteiger partial charge in [0.1, 0.15) is 5.82 Å². The van der Waals surface area contributed by atoms with Gasteiger partial charge >= 0.3 is 0 Å². The van der Waals surface area contributed by atoms with Crippen LogP contribution in [0.5, 0.6) is 0 Å². The molecule has 0 atom stereocenters. The summed E-state index contributed by atoms with van der Waals surface area (Å²) in [5.41, 5.74) is 2.03. The van der Waals surface area contributed by atoms with E-state index in [1.54, 1.807) is 18.3 Å². The maximum Gasteiger partial charge on any atom is 0.141 e. The third-order valence-corrected chi connectivity index (χ3v) is 2.49. The predicted molar refractivity (Wildman–Crippen MR) is 60.5 cm³/mol. The van der Waals surface area contributed by atoms with Crippen molar-refractivity contribution in [3.05, 3.63) is 52.6 Å². The molecule has 1 aromatic carbocycles. The average Bonchev–Trinajstić information content (AvgIpc) is 2.76. The first-order valence-electron chi connectivity index (χ1n) is 4.88. The van der Waals surface area contributed by atoms with Crippen LogP contribution in [0.25, 0.3) is 0 Å². The highest BCUT2D eigenvalue weighted by Crippen LogP contribution is 2.15. The SMILES string of the molecule is Fc1ccc(CNCc2cn[nH]c2)cc1Cl. The van der Waals surface area contributed by atoms with Gasteiger partial charge in [0.2, 0.25) is 0 Å². The molecule has 0 amide bonds. The smallest absolute Gasteiger partial charge is 0.141 e. The molecule has 0 saturated carbocycles. The van der Waals surface area contributed by atoms with Crippen LogP contribution in [0.3, 0.4) is 0 Å². The van der Waals surface area contributed by atoms with Crippen LogP contribution in [0.1, 0.15) is 11.1 Å². The van der Waals surface area contributed by atoms with Gasteiger partial charge in [-0.2, -0.15) is 5.10 Å². The normalized spacial score (nSPS) is 10.6. The minimum atomic E-state index is -0.389. The van der Waals surface area contributed by atoms with Gasteiger partial charge in [-0.05, 0) is 17.7 Å². The van der Waals surface area contributed by atoms with E-state index in [4.69, 9.17) is 11.6 Å². The van der Waals surface area contributed by atoms with Crippen molar-refractivity contribution in [2.45, 2.75) is 13.1 Å². The Hall–Kier alpha value is -1.39.